The fraction of sp³-hybridized carbons (Fsp3) is 0.154. The number of hydrogen-bond acceptors (Lipinski definition) is 3. The van der Waals surface area contributed by atoms with Gasteiger partial charge in [0.2, 0.25) is 16.3 Å². The van der Waals surface area contributed by atoms with E-state index in [1.54, 1.807) is 6.29 Å². The van der Waals surface area contributed by atoms with Crippen molar-refractivity contribution in [2.75, 3.05) is 0 Å². The smallest absolute Gasteiger partial charge is 0.238 e. The highest BCUT2D eigenvalue weighted by atomic mass is 32.2. The van der Waals surface area contributed by atoms with E-state index in [4.69, 9.17) is 5.14 Å². The fourth-order valence-corrected chi connectivity index (χ4v) is 2.83. The number of hydrogen-bond donors (Lipinski definition) is 1. The van der Waals surface area contributed by atoms with Gasteiger partial charge in [-0.05, 0) is 12.1 Å². The Bertz CT molecular complexity index is 666. The van der Waals surface area contributed by atoms with Crippen LogP contribution < -0.4 is 5.14 Å². The molecule has 4 nitrogen and oxygen atoms in total. The molecule has 0 spiro atoms. The highest BCUT2D eigenvalue weighted by Gasteiger charge is 2.41. The number of benzene rings is 1. The van der Waals surface area contributed by atoms with Gasteiger partial charge in [0.1, 0.15) is 0 Å². The molecule has 0 aliphatic heterocycles. The zero-order valence-electron chi connectivity index (χ0n) is 9.78. The molecule has 0 amide bonds. The van der Waals surface area contributed by atoms with Crippen LogP contribution in [-0.4, -0.2) is 14.7 Å². The summed E-state index contributed by atoms with van der Waals surface area (Å²) in [4.78, 5) is 10.5. The van der Waals surface area contributed by atoms with Crippen LogP contribution in [0.1, 0.15) is 5.56 Å². The molecule has 2 unspecified atom stereocenters. The zero-order chi connectivity index (χ0) is 14.1. The van der Waals surface area contributed by atoms with Gasteiger partial charge in [-0.15, -0.1) is 0 Å². The van der Waals surface area contributed by atoms with Gasteiger partial charge in [0.25, 0.3) is 0 Å². The third-order valence-electron chi connectivity index (χ3n) is 2.94. The Morgan fingerprint density at radius 3 is 2.58 bits per heavy atom. The van der Waals surface area contributed by atoms with E-state index in [2.05, 4.69) is 0 Å². The number of carbonyl (C=O) groups excluding carboxylic acids is 1. The van der Waals surface area contributed by atoms with Crippen LogP contribution in [0.5, 0.6) is 0 Å². The molecule has 19 heavy (non-hydrogen) atoms. The van der Waals surface area contributed by atoms with Crippen molar-refractivity contribution >= 4 is 16.3 Å². The molecule has 0 heterocycles. The summed E-state index contributed by atoms with van der Waals surface area (Å²) in [5.74, 6) is -1.21. The van der Waals surface area contributed by atoms with Crippen molar-refractivity contribution in [2.24, 2.45) is 11.1 Å². The molecule has 0 bridgehead atoms. The van der Waals surface area contributed by atoms with E-state index >= 15 is 4.39 Å². The van der Waals surface area contributed by atoms with Crippen LogP contribution >= 0.6 is 0 Å². The Morgan fingerprint density at radius 1 is 1.26 bits per heavy atom. The summed E-state index contributed by atoms with van der Waals surface area (Å²) in [6, 6.07) is 5.43. The standard InChI is InChI=1S/C13H11FNO3S/c14-13(8-4-3-5-10(13)9-16)11-6-1-2-7-12(11)19(15,17)18/h1-8,10H,(H2,15,17,18). The van der Waals surface area contributed by atoms with Crippen LogP contribution in [0.4, 0.5) is 4.39 Å². The van der Waals surface area contributed by atoms with Crippen LogP contribution in [0.3, 0.4) is 0 Å². The second kappa shape index (κ2) is 4.71. The van der Waals surface area contributed by atoms with Gasteiger partial charge < -0.3 is 0 Å². The molecule has 1 aliphatic carbocycles. The van der Waals surface area contributed by atoms with Crippen molar-refractivity contribution in [1.82, 2.24) is 0 Å². The Balaban J connectivity index is 2.68. The highest BCUT2D eigenvalue weighted by molar-refractivity contribution is 7.89. The van der Waals surface area contributed by atoms with Crippen molar-refractivity contribution in [3.05, 3.63) is 54.1 Å². The van der Waals surface area contributed by atoms with E-state index in [1.165, 1.54) is 42.5 Å². The minimum atomic E-state index is -4.08. The van der Waals surface area contributed by atoms with Crippen LogP contribution in [0, 0.1) is 5.92 Å². The average Bonchev–Trinajstić information content (AvgIpc) is 2.38. The van der Waals surface area contributed by atoms with Crippen molar-refractivity contribution < 1.29 is 17.6 Å². The molecular weight excluding hydrogens is 269 g/mol. The quantitative estimate of drug-likeness (QED) is 0.908. The van der Waals surface area contributed by atoms with Crippen molar-refractivity contribution in [2.45, 2.75) is 10.6 Å². The molecule has 1 aliphatic rings. The van der Waals surface area contributed by atoms with Crippen LogP contribution in [0.15, 0.2) is 53.5 Å². The van der Waals surface area contributed by atoms with Crippen molar-refractivity contribution in [3.63, 3.8) is 0 Å². The number of rotatable bonds is 3. The predicted molar refractivity (Wildman–Crippen MR) is 68.1 cm³/mol. The summed E-state index contributed by atoms with van der Waals surface area (Å²) < 4.78 is 38.0. The number of sulfonamides is 1. The molecule has 0 aromatic heterocycles. The minimum absolute atomic E-state index is 0.161. The van der Waals surface area contributed by atoms with Crippen LogP contribution in [-0.2, 0) is 20.5 Å². The molecule has 1 radical (unpaired) electrons. The normalized spacial score (nSPS) is 26.3. The Labute approximate surface area is 110 Å². The number of nitrogens with two attached hydrogens (primary N) is 1. The van der Waals surface area contributed by atoms with E-state index in [0.29, 0.717) is 0 Å². The monoisotopic (exact) mass is 280 g/mol. The van der Waals surface area contributed by atoms with Crippen molar-refractivity contribution in [3.8, 4) is 0 Å². The lowest BCUT2D eigenvalue weighted by molar-refractivity contribution is 0.195. The van der Waals surface area contributed by atoms with Crippen LogP contribution in [0.2, 0.25) is 0 Å². The fourth-order valence-electron chi connectivity index (χ4n) is 2.03. The van der Waals surface area contributed by atoms with Gasteiger partial charge in [0, 0.05) is 5.56 Å². The minimum Gasteiger partial charge on any atom is -0.290 e. The van der Waals surface area contributed by atoms with Gasteiger partial charge >= 0.3 is 0 Å². The third kappa shape index (κ3) is 2.36. The maximum atomic E-state index is 15.0. The van der Waals surface area contributed by atoms with E-state index in [-0.39, 0.29) is 10.5 Å². The summed E-state index contributed by atoms with van der Waals surface area (Å²) in [5, 5.41) is 5.07. The molecule has 99 valence electrons. The van der Waals surface area contributed by atoms with Gasteiger partial charge in [-0.3, -0.25) is 4.79 Å². The van der Waals surface area contributed by atoms with Gasteiger partial charge in [0.15, 0.2) is 5.67 Å². The molecule has 0 fully saturated rings. The Morgan fingerprint density at radius 2 is 1.95 bits per heavy atom. The topological polar surface area (TPSA) is 77.2 Å². The molecule has 2 N–H and O–H groups in total. The first-order valence-electron chi connectivity index (χ1n) is 5.44. The Hall–Kier alpha value is -1.79. The van der Waals surface area contributed by atoms with Crippen molar-refractivity contribution in [1.29, 1.82) is 0 Å². The van der Waals surface area contributed by atoms with E-state index in [1.807, 2.05) is 0 Å². The van der Waals surface area contributed by atoms with Gasteiger partial charge in [-0.1, -0.05) is 36.4 Å². The molecule has 1 aromatic carbocycles. The number of alkyl halides is 1. The zero-order valence-corrected chi connectivity index (χ0v) is 10.6. The number of allylic oxidation sites excluding steroid dienone is 4. The summed E-state index contributed by atoms with van der Waals surface area (Å²) >= 11 is 0. The SMILES string of the molecule is NS(=O)(=O)c1ccccc1C1(F)C=CC=CC1[C]=O. The van der Waals surface area contributed by atoms with Gasteiger partial charge in [-0.25, -0.2) is 17.9 Å². The van der Waals surface area contributed by atoms with Gasteiger partial charge in [0.05, 0.1) is 10.8 Å². The van der Waals surface area contributed by atoms with Crippen LogP contribution in [0.25, 0.3) is 0 Å². The Kier molecular flexibility index (Phi) is 3.38. The third-order valence-corrected chi connectivity index (χ3v) is 3.91. The predicted octanol–water partition coefficient (Wildman–Crippen LogP) is 1.35. The van der Waals surface area contributed by atoms with E-state index < -0.39 is 21.6 Å². The van der Waals surface area contributed by atoms with E-state index in [0.717, 1.165) is 6.08 Å². The number of primary sulfonamides is 1. The molecule has 0 saturated carbocycles. The lowest BCUT2D eigenvalue weighted by atomic mass is 9.81. The summed E-state index contributed by atoms with van der Waals surface area (Å²) in [6.45, 7) is 0. The average molecular weight is 280 g/mol. The molecular formula is C13H11FNO3S. The maximum absolute atomic E-state index is 15.0. The van der Waals surface area contributed by atoms with Gasteiger partial charge in [-0.2, -0.15) is 0 Å². The largest absolute Gasteiger partial charge is 0.290 e. The first-order valence-corrected chi connectivity index (χ1v) is 6.99. The first kappa shape index (κ1) is 13.6. The maximum Gasteiger partial charge on any atom is 0.238 e. The highest BCUT2D eigenvalue weighted by Crippen LogP contribution is 2.40. The van der Waals surface area contributed by atoms with E-state index in [9.17, 15) is 13.2 Å². The molecule has 2 rings (SSSR count). The summed E-state index contributed by atoms with van der Waals surface area (Å²) in [6.07, 6.45) is 6.95. The number of halogens is 1. The lowest BCUT2D eigenvalue weighted by Gasteiger charge is -2.28. The molecule has 0 saturated heterocycles. The second-order valence-electron chi connectivity index (χ2n) is 4.15. The summed E-state index contributed by atoms with van der Waals surface area (Å²) in [5.41, 5.74) is -2.43. The second-order valence-corrected chi connectivity index (χ2v) is 5.68. The lowest BCUT2D eigenvalue weighted by Crippen LogP contribution is -2.32. The molecule has 6 heteroatoms. The first-order chi connectivity index (χ1) is 8.89. The molecule has 2 atom stereocenters. The summed E-state index contributed by atoms with van der Waals surface area (Å²) in [7, 11) is -4.08. The molecule has 1 aromatic rings.